The van der Waals surface area contributed by atoms with Crippen LogP contribution >= 0.6 is 0 Å². The first kappa shape index (κ1) is 15.8. The van der Waals surface area contributed by atoms with Crippen LogP contribution in [-0.4, -0.2) is 42.2 Å². The van der Waals surface area contributed by atoms with Crippen LogP contribution in [0.25, 0.3) is 0 Å². The number of hydrogen-bond acceptors (Lipinski definition) is 4. The van der Waals surface area contributed by atoms with Crippen LogP contribution in [-0.2, 0) is 10.1 Å². The fourth-order valence-electron chi connectivity index (χ4n) is 1.69. The van der Waals surface area contributed by atoms with E-state index in [2.05, 4.69) is 6.92 Å². The molecule has 0 rings (SSSR count). The Hall–Kier alpha value is -0.170. The highest BCUT2D eigenvalue weighted by Crippen LogP contribution is 2.26. The Morgan fingerprint density at radius 1 is 1.06 bits per heavy atom. The van der Waals surface area contributed by atoms with E-state index in [1.807, 2.05) is 0 Å². The summed E-state index contributed by atoms with van der Waals surface area (Å²) in [6.07, 6.45) is 4.18. The molecule has 0 bridgehead atoms. The normalized spacial score (nSPS) is 13.0. The zero-order chi connectivity index (χ0) is 12.7. The predicted molar refractivity (Wildman–Crippen MR) is 61.8 cm³/mol. The number of aliphatic hydroxyl groups excluding tert-OH is 2. The molecule has 0 amide bonds. The first-order valence-electron chi connectivity index (χ1n) is 5.56. The van der Waals surface area contributed by atoms with Crippen molar-refractivity contribution in [1.82, 2.24) is 0 Å². The maximum Gasteiger partial charge on any atom is 0.265 e. The van der Waals surface area contributed by atoms with Gasteiger partial charge in [0.2, 0.25) is 0 Å². The van der Waals surface area contributed by atoms with Crippen molar-refractivity contribution in [3.05, 3.63) is 0 Å². The minimum Gasteiger partial charge on any atom is -0.396 e. The largest absolute Gasteiger partial charge is 0.396 e. The second-order valence-corrected chi connectivity index (χ2v) is 5.81. The van der Waals surface area contributed by atoms with Crippen LogP contribution in [0.4, 0.5) is 0 Å². The van der Waals surface area contributed by atoms with Crippen molar-refractivity contribution in [3.63, 3.8) is 0 Å². The molecule has 0 aliphatic carbocycles. The summed E-state index contributed by atoms with van der Waals surface area (Å²) in [6, 6.07) is 0. The van der Waals surface area contributed by atoms with Crippen LogP contribution < -0.4 is 0 Å². The van der Waals surface area contributed by atoms with Gasteiger partial charge in [0, 0.05) is 5.41 Å². The lowest BCUT2D eigenvalue weighted by Gasteiger charge is -2.28. The highest BCUT2D eigenvalue weighted by atomic mass is 32.2. The van der Waals surface area contributed by atoms with E-state index in [0.717, 1.165) is 25.7 Å². The molecule has 0 fully saturated rings. The van der Waals surface area contributed by atoms with E-state index in [-0.39, 0.29) is 0 Å². The van der Waals surface area contributed by atoms with Gasteiger partial charge in [-0.05, 0) is 6.42 Å². The van der Waals surface area contributed by atoms with Gasteiger partial charge in [-0.3, -0.25) is 4.55 Å². The van der Waals surface area contributed by atoms with Gasteiger partial charge in [0.1, 0.15) is 0 Å². The summed E-state index contributed by atoms with van der Waals surface area (Å²) >= 11 is 0. The van der Waals surface area contributed by atoms with Gasteiger partial charge in [0.15, 0.2) is 0 Å². The molecule has 0 aromatic carbocycles. The van der Waals surface area contributed by atoms with E-state index in [1.165, 1.54) is 0 Å². The average Bonchev–Trinajstić information content (AvgIpc) is 2.21. The second-order valence-electron chi connectivity index (χ2n) is 4.35. The standard InChI is InChI=1S/C10H22O5S/c1-2-3-4-5-6-10(7-11,8-12)9-16(13,14)15/h11-12H,2-9H2,1H3,(H,13,14,15). The summed E-state index contributed by atoms with van der Waals surface area (Å²) < 4.78 is 30.3. The van der Waals surface area contributed by atoms with Gasteiger partial charge in [0.25, 0.3) is 10.1 Å². The lowest BCUT2D eigenvalue weighted by atomic mass is 9.86. The SMILES string of the molecule is CCCCCCC(CO)(CO)CS(=O)(=O)O. The summed E-state index contributed by atoms with van der Waals surface area (Å²) in [5.41, 5.74) is -1.11. The molecule has 0 aromatic heterocycles. The van der Waals surface area contributed by atoms with E-state index in [1.54, 1.807) is 0 Å². The smallest absolute Gasteiger partial charge is 0.265 e. The van der Waals surface area contributed by atoms with E-state index < -0.39 is 34.5 Å². The van der Waals surface area contributed by atoms with Crippen LogP contribution in [0.1, 0.15) is 39.0 Å². The molecule has 0 unspecified atom stereocenters. The highest BCUT2D eigenvalue weighted by molar-refractivity contribution is 7.85. The molecule has 98 valence electrons. The lowest BCUT2D eigenvalue weighted by molar-refractivity contribution is 0.0617. The molecule has 0 aromatic rings. The molecule has 0 atom stereocenters. The zero-order valence-electron chi connectivity index (χ0n) is 9.72. The van der Waals surface area contributed by atoms with Crippen LogP contribution in [0.15, 0.2) is 0 Å². The molecule has 0 radical (unpaired) electrons. The molecule has 0 saturated carbocycles. The molecule has 16 heavy (non-hydrogen) atoms. The van der Waals surface area contributed by atoms with Crippen LogP contribution in [0.3, 0.4) is 0 Å². The first-order chi connectivity index (χ1) is 7.39. The van der Waals surface area contributed by atoms with Gasteiger partial charge in [-0.2, -0.15) is 8.42 Å². The Morgan fingerprint density at radius 3 is 2.00 bits per heavy atom. The molecule has 0 aliphatic rings. The zero-order valence-corrected chi connectivity index (χ0v) is 10.5. The van der Waals surface area contributed by atoms with Gasteiger partial charge < -0.3 is 10.2 Å². The molecular weight excluding hydrogens is 232 g/mol. The molecule has 0 heterocycles. The van der Waals surface area contributed by atoms with Gasteiger partial charge in [-0.1, -0.05) is 32.6 Å². The minimum atomic E-state index is -4.17. The molecule has 3 N–H and O–H groups in total. The molecule has 6 heteroatoms. The third kappa shape index (κ3) is 6.42. The topological polar surface area (TPSA) is 94.8 Å². The van der Waals surface area contributed by atoms with Crippen LogP contribution in [0, 0.1) is 5.41 Å². The summed E-state index contributed by atoms with van der Waals surface area (Å²) in [6.45, 7) is 1.19. The van der Waals surface area contributed by atoms with Gasteiger partial charge in [0.05, 0.1) is 19.0 Å². The van der Waals surface area contributed by atoms with Crippen LogP contribution in [0.5, 0.6) is 0 Å². The Bertz CT molecular complexity index is 269. The van der Waals surface area contributed by atoms with E-state index >= 15 is 0 Å². The van der Waals surface area contributed by atoms with Crippen molar-refractivity contribution in [3.8, 4) is 0 Å². The predicted octanol–water partition coefficient (Wildman–Crippen LogP) is 0.816. The van der Waals surface area contributed by atoms with Gasteiger partial charge in [-0.15, -0.1) is 0 Å². The highest BCUT2D eigenvalue weighted by Gasteiger charge is 2.33. The summed E-state index contributed by atoms with van der Waals surface area (Å²) in [5, 5.41) is 18.3. The maximum absolute atomic E-state index is 10.8. The second kappa shape index (κ2) is 7.21. The summed E-state index contributed by atoms with van der Waals surface area (Å²) in [7, 11) is -4.17. The Morgan fingerprint density at radius 2 is 1.62 bits per heavy atom. The molecule has 0 saturated heterocycles. The minimum absolute atomic E-state index is 0.403. The third-order valence-corrected chi connectivity index (χ3v) is 3.70. The van der Waals surface area contributed by atoms with Crippen molar-refractivity contribution >= 4 is 10.1 Å². The Labute approximate surface area is 97.2 Å². The number of hydrogen-bond donors (Lipinski definition) is 3. The molecule has 5 nitrogen and oxygen atoms in total. The van der Waals surface area contributed by atoms with Crippen LogP contribution in [0.2, 0.25) is 0 Å². The monoisotopic (exact) mass is 254 g/mol. The van der Waals surface area contributed by atoms with E-state index in [4.69, 9.17) is 14.8 Å². The third-order valence-electron chi connectivity index (χ3n) is 2.72. The van der Waals surface area contributed by atoms with Crippen molar-refractivity contribution in [2.24, 2.45) is 5.41 Å². The average molecular weight is 254 g/mol. The summed E-state index contributed by atoms with van der Waals surface area (Å²) in [5.74, 6) is -0.584. The number of aliphatic hydroxyl groups is 2. The fourth-order valence-corrected chi connectivity index (χ4v) is 2.79. The Kier molecular flexibility index (Phi) is 7.14. The number of unbranched alkanes of at least 4 members (excludes halogenated alkanes) is 3. The first-order valence-corrected chi connectivity index (χ1v) is 7.17. The summed E-state index contributed by atoms with van der Waals surface area (Å²) in [4.78, 5) is 0. The van der Waals surface area contributed by atoms with Crippen molar-refractivity contribution in [2.45, 2.75) is 39.0 Å². The lowest BCUT2D eigenvalue weighted by Crippen LogP contribution is -2.37. The van der Waals surface area contributed by atoms with Gasteiger partial charge in [-0.25, -0.2) is 0 Å². The van der Waals surface area contributed by atoms with E-state index in [0.29, 0.717) is 6.42 Å². The van der Waals surface area contributed by atoms with Crippen molar-refractivity contribution in [2.75, 3.05) is 19.0 Å². The van der Waals surface area contributed by atoms with Crippen molar-refractivity contribution < 1.29 is 23.2 Å². The van der Waals surface area contributed by atoms with Crippen molar-refractivity contribution in [1.29, 1.82) is 0 Å². The Balaban J connectivity index is 4.33. The molecule has 0 spiro atoms. The molecule has 0 aliphatic heterocycles. The number of rotatable bonds is 9. The maximum atomic E-state index is 10.8. The van der Waals surface area contributed by atoms with Gasteiger partial charge >= 0.3 is 0 Å². The fraction of sp³-hybridized carbons (Fsp3) is 1.00. The van der Waals surface area contributed by atoms with E-state index in [9.17, 15) is 8.42 Å². The quantitative estimate of drug-likeness (QED) is 0.418. The molecular formula is C10H22O5S.